The minimum absolute atomic E-state index is 0.344. The first-order valence-corrected chi connectivity index (χ1v) is 4.31. The van der Waals surface area contributed by atoms with Crippen LogP contribution in [-0.4, -0.2) is 16.8 Å². The number of ketones is 1. The number of hydrogen-bond acceptors (Lipinski definition) is 3. The molecule has 1 aliphatic heterocycles. The summed E-state index contributed by atoms with van der Waals surface area (Å²) in [6.45, 7) is 1.74. The summed E-state index contributed by atoms with van der Waals surface area (Å²) in [6.07, 6.45) is 0. The van der Waals surface area contributed by atoms with E-state index in [0.29, 0.717) is 11.4 Å². The summed E-state index contributed by atoms with van der Waals surface area (Å²) in [5.41, 5.74) is 7.53. The van der Waals surface area contributed by atoms with Gasteiger partial charge in [-0.1, -0.05) is 13.0 Å². The van der Waals surface area contributed by atoms with Crippen LogP contribution in [0.3, 0.4) is 0 Å². The van der Waals surface area contributed by atoms with Gasteiger partial charge in [0, 0.05) is 5.69 Å². The number of carbonyl (C=O) groups is 1. The maximum Gasteiger partial charge on any atom is 0.256 e. The van der Waals surface area contributed by atoms with Crippen LogP contribution in [-0.2, 0) is 4.79 Å². The third kappa shape index (κ3) is 1.16. The minimum atomic E-state index is -0.435. The number of nitrogens with zero attached hydrogens (tertiary/aromatic N) is 1. The first-order chi connectivity index (χ1) is 6.59. The SMILES string of the molecule is CC1C(=O)C(O)=Nc2cc(N)ccc21. The molecule has 0 spiro atoms. The number of nitrogens with two attached hydrogens (primary N) is 1. The number of anilines is 1. The Morgan fingerprint density at radius 3 is 2.93 bits per heavy atom. The first kappa shape index (κ1) is 8.74. The van der Waals surface area contributed by atoms with Crippen molar-refractivity contribution in [3.8, 4) is 0 Å². The Bertz CT molecular complexity index is 438. The van der Waals surface area contributed by atoms with Crippen LogP contribution < -0.4 is 5.73 Å². The Kier molecular flexibility index (Phi) is 1.77. The predicted octanol–water partition coefficient (Wildman–Crippen LogP) is 1.54. The maximum atomic E-state index is 11.4. The molecule has 0 aromatic heterocycles. The van der Waals surface area contributed by atoms with Crippen molar-refractivity contribution in [1.82, 2.24) is 0 Å². The lowest BCUT2D eigenvalue weighted by Gasteiger charge is -2.17. The molecule has 4 nitrogen and oxygen atoms in total. The molecular formula is C10H10N2O2. The Hall–Kier alpha value is -1.84. The minimum Gasteiger partial charge on any atom is -0.491 e. The van der Waals surface area contributed by atoms with Crippen LogP contribution in [0.25, 0.3) is 0 Å². The normalized spacial score (nSPS) is 20.2. The van der Waals surface area contributed by atoms with Crippen molar-refractivity contribution >= 4 is 23.1 Å². The molecular weight excluding hydrogens is 180 g/mol. The van der Waals surface area contributed by atoms with Gasteiger partial charge in [-0.3, -0.25) is 4.79 Å². The van der Waals surface area contributed by atoms with E-state index in [0.717, 1.165) is 5.56 Å². The summed E-state index contributed by atoms with van der Waals surface area (Å²) in [5.74, 6) is -1.12. The molecule has 72 valence electrons. The largest absolute Gasteiger partial charge is 0.491 e. The number of Topliss-reactive ketones (excluding diaryl/α,β-unsaturated/α-hetero) is 1. The van der Waals surface area contributed by atoms with Crippen molar-refractivity contribution in [2.24, 2.45) is 4.99 Å². The average molecular weight is 190 g/mol. The number of aliphatic hydroxyl groups is 1. The molecule has 0 radical (unpaired) electrons. The number of aliphatic imine (C=N–C) groups is 1. The third-order valence-corrected chi connectivity index (χ3v) is 2.36. The van der Waals surface area contributed by atoms with Gasteiger partial charge in [-0.15, -0.1) is 0 Å². The molecule has 0 aliphatic carbocycles. The highest BCUT2D eigenvalue weighted by Gasteiger charge is 2.27. The number of nitrogen functional groups attached to an aromatic ring is 1. The maximum absolute atomic E-state index is 11.4. The van der Waals surface area contributed by atoms with Crippen LogP contribution in [0.4, 0.5) is 11.4 Å². The standard InChI is InChI=1S/C10H10N2O2/c1-5-7-3-2-6(11)4-8(7)12-10(14)9(5)13/h2-5H,11H2,1H3,(H,12,14). The second kappa shape index (κ2) is 2.83. The van der Waals surface area contributed by atoms with E-state index in [1.165, 1.54) is 0 Å². The van der Waals surface area contributed by atoms with Crippen LogP contribution >= 0.6 is 0 Å². The summed E-state index contributed by atoms with van der Waals surface area (Å²) in [6, 6.07) is 5.14. The Labute approximate surface area is 81.1 Å². The average Bonchev–Trinajstić information content (AvgIpc) is 2.14. The zero-order valence-corrected chi connectivity index (χ0v) is 7.69. The topological polar surface area (TPSA) is 75.7 Å². The van der Waals surface area contributed by atoms with Gasteiger partial charge < -0.3 is 10.8 Å². The van der Waals surface area contributed by atoms with Crippen molar-refractivity contribution < 1.29 is 9.90 Å². The van der Waals surface area contributed by atoms with Gasteiger partial charge >= 0.3 is 0 Å². The van der Waals surface area contributed by atoms with E-state index >= 15 is 0 Å². The monoisotopic (exact) mass is 190 g/mol. The van der Waals surface area contributed by atoms with Gasteiger partial charge in [-0.05, 0) is 17.7 Å². The Morgan fingerprint density at radius 2 is 2.21 bits per heavy atom. The third-order valence-electron chi connectivity index (χ3n) is 2.36. The number of fused-ring (bicyclic) bond motifs is 1. The van der Waals surface area contributed by atoms with Gasteiger partial charge in [-0.25, -0.2) is 4.99 Å². The van der Waals surface area contributed by atoms with Crippen molar-refractivity contribution in [3.63, 3.8) is 0 Å². The molecule has 2 rings (SSSR count). The van der Waals surface area contributed by atoms with Gasteiger partial charge in [0.05, 0.1) is 11.6 Å². The second-order valence-electron chi connectivity index (χ2n) is 3.34. The van der Waals surface area contributed by atoms with Crippen molar-refractivity contribution in [2.75, 3.05) is 5.73 Å². The molecule has 0 amide bonds. The summed E-state index contributed by atoms with van der Waals surface area (Å²) in [4.78, 5) is 15.1. The summed E-state index contributed by atoms with van der Waals surface area (Å²) in [7, 11) is 0. The smallest absolute Gasteiger partial charge is 0.256 e. The highest BCUT2D eigenvalue weighted by molar-refractivity contribution is 6.39. The van der Waals surface area contributed by atoms with E-state index in [1.807, 2.05) is 0 Å². The molecule has 3 N–H and O–H groups in total. The molecule has 14 heavy (non-hydrogen) atoms. The van der Waals surface area contributed by atoms with Gasteiger partial charge in [0.25, 0.3) is 5.90 Å². The van der Waals surface area contributed by atoms with E-state index in [2.05, 4.69) is 4.99 Å². The fourth-order valence-electron chi connectivity index (χ4n) is 1.53. The summed E-state index contributed by atoms with van der Waals surface area (Å²) >= 11 is 0. The van der Waals surface area contributed by atoms with Crippen molar-refractivity contribution in [2.45, 2.75) is 12.8 Å². The van der Waals surface area contributed by atoms with Gasteiger partial charge in [0.1, 0.15) is 0 Å². The van der Waals surface area contributed by atoms with Crippen molar-refractivity contribution in [3.05, 3.63) is 23.8 Å². The fraction of sp³-hybridized carbons (Fsp3) is 0.200. The molecule has 0 saturated carbocycles. The van der Waals surface area contributed by atoms with E-state index in [4.69, 9.17) is 5.73 Å². The summed E-state index contributed by atoms with van der Waals surface area (Å²) in [5, 5.41) is 9.25. The van der Waals surface area contributed by atoms with Crippen molar-refractivity contribution in [1.29, 1.82) is 0 Å². The number of carbonyl (C=O) groups excluding carboxylic acids is 1. The molecule has 4 heteroatoms. The molecule has 0 saturated heterocycles. The molecule has 1 atom stereocenters. The zero-order valence-electron chi connectivity index (χ0n) is 7.69. The Balaban J connectivity index is 2.63. The Morgan fingerprint density at radius 1 is 1.50 bits per heavy atom. The molecule has 1 aliphatic rings. The van der Waals surface area contributed by atoms with Crippen LogP contribution in [0.1, 0.15) is 18.4 Å². The lowest BCUT2D eigenvalue weighted by molar-refractivity contribution is -0.115. The number of benzene rings is 1. The lowest BCUT2D eigenvalue weighted by atomic mass is 9.92. The highest BCUT2D eigenvalue weighted by atomic mass is 16.3. The summed E-state index contributed by atoms with van der Waals surface area (Å²) < 4.78 is 0. The van der Waals surface area contributed by atoms with Gasteiger partial charge in [-0.2, -0.15) is 0 Å². The van der Waals surface area contributed by atoms with Crippen LogP contribution in [0, 0.1) is 0 Å². The van der Waals surface area contributed by atoms with Crippen LogP contribution in [0.15, 0.2) is 23.2 Å². The first-order valence-electron chi connectivity index (χ1n) is 4.31. The molecule has 0 bridgehead atoms. The van der Waals surface area contributed by atoms with E-state index in [9.17, 15) is 9.90 Å². The van der Waals surface area contributed by atoms with Crippen LogP contribution in [0.2, 0.25) is 0 Å². The molecule has 1 aromatic rings. The number of hydrogen-bond donors (Lipinski definition) is 2. The highest BCUT2D eigenvalue weighted by Crippen LogP contribution is 2.33. The fourth-order valence-corrected chi connectivity index (χ4v) is 1.53. The van der Waals surface area contributed by atoms with Crippen LogP contribution in [0.5, 0.6) is 0 Å². The number of aliphatic hydroxyl groups excluding tert-OH is 1. The quantitative estimate of drug-likeness (QED) is 0.609. The predicted molar refractivity (Wildman–Crippen MR) is 54.0 cm³/mol. The lowest BCUT2D eigenvalue weighted by Crippen LogP contribution is -2.23. The van der Waals surface area contributed by atoms with Gasteiger partial charge in [0.15, 0.2) is 0 Å². The second-order valence-corrected chi connectivity index (χ2v) is 3.34. The molecule has 1 heterocycles. The van der Waals surface area contributed by atoms with E-state index < -0.39 is 5.90 Å². The number of rotatable bonds is 0. The molecule has 1 aromatic carbocycles. The molecule has 0 fully saturated rings. The van der Waals surface area contributed by atoms with E-state index in [-0.39, 0.29) is 11.7 Å². The van der Waals surface area contributed by atoms with E-state index in [1.54, 1.807) is 25.1 Å². The van der Waals surface area contributed by atoms with Gasteiger partial charge in [0.2, 0.25) is 5.78 Å². The zero-order chi connectivity index (χ0) is 10.3. The molecule has 1 unspecified atom stereocenters.